The third-order valence-electron chi connectivity index (χ3n) is 3.62. The number of hydrogen-bond donors (Lipinski definition) is 1. The smallest absolute Gasteiger partial charge is 0.137 e. The fraction of sp³-hybridized carbons (Fsp3) is 0.250. The van der Waals surface area contributed by atoms with E-state index >= 15 is 0 Å². The zero-order chi connectivity index (χ0) is 14.3. The lowest BCUT2D eigenvalue weighted by atomic mass is 9.92. The van der Waals surface area contributed by atoms with Gasteiger partial charge in [-0.1, -0.05) is 23.8 Å². The van der Waals surface area contributed by atoms with E-state index in [4.69, 9.17) is 10.5 Å². The number of halogens is 2. The molecule has 20 heavy (non-hydrogen) atoms. The van der Waals surface area contributed by atoms with E-state index in [1.165, 1.54) is 6.07 Å². The summed E-state index contributed by atoms with van der Waals surface area (Å²) in [5.74, 6) is 0.511. The van der Waals surface area contributed by atoms with Crippen LogP contribution in [-0.2, 0) is 0 Å². The van der Waals surface area contributed by atoms with Gasteiger partial charge in [-0.25, -0.2) is 4.39 Å². The van der Waals surface area contributed by atoms with Gasteiger partial charge in [-0.2, -0.15) is 0 Å². The van der Waals surface area contributed by atoms with Gasteiger partial charge in [0, 0.05) is 18.0 Å². The second-order valence-electron chi connectivity index (χ2n) is 5.16. The highest BCUT2D eigenvalue weighted by atomic mass is 79.9. The van der Waals surface area contributed by atoms with Gasteiger partial charge in [-0.05, 0) is 46.6 Å². The molecule has 0 amide bonds. The molecule has 0 saturated carbocycles. The Labute approximate surface area is 125 Å². The molecule has 2 N–H and O–H groups in total. The maximum absolute atomic E-state index is 13.6. The molecule has 0 aromatic heterocycles. The fourth-order valence-electron chi connectivity index (χ4n) is 2.54. The topological polar surface area (TPSA) is 35.2 Å². The second-order valence-corrected chi connectivity index (χ2v) is 6.02. The molecule has 1 heterocycles. The Morgan fingerprint density at radius 2 is 2.05 bits per heavy atom. The molecule has 0 spiro atoms. The van der Waals surface area contributed by atoms with Crippen LogP contribution in [0.3, 0.4) is 0 Å². The lowest BCUT2D eigenvalue weighted by Crippen LogP contribution is -2.24. The molecule has 2 aromatic rings. The van der Waals surface area contributed by atoms with Gasteiger partial charge in [0.15, 0.2) is 0 Å². The van der Waals surface area contributed by atoms with Crippen molar-refractivity contribution in [1.29, 1.82) is 0 Å². The van der Waals surface area contributed by atoms with Crippen molar-refractivity contribution in [3.05, 3.63) is 63.4 Å². The Morgan fingerprint density at radius 3 is 2.80 bits per heavy atom. The SMILES string of the molecule is Cc1ccc2c(c1)C(N)CC(c1ccc(Br)c(F)c1)O2. The van der Waals surface area contributed by atoms with Gasteiger partial charge < -0.3 is 10.5 Å². The fourth-order valence-corrected chi connectivity index (χ4v) is 2.79. The summed E-state index contributed by atoms with van der Waals surface area (Å²) in [5.41, 5.74) is 9.23. The minimum absolute atomic E-state index is 0.0876. The third kappa shape index (κ3) is 2.45. The van der Waals surface area contributed by atoms with E-state index in [1.54, 1.807) is 6.07 Å². The number of rotatable bonds is 1. The van der Waals surface area contributed by atoms with Gasteiger partial charge in [-0.15, -0.1) is 0 Å². The molecule has 4 heteroatoms. The van der Waals surface area contributed by atoms with E-state index in [0.29, 0.717) is 10.9 Å². The molecule has 0 bridgehead atoms. The number of benzene rings is 2. The predicted molar refractivity (Wildman–Crippen MR) is 80.2 cm³/mol. The number of ether oxygens (including phenoxy) is 1. The van der Waals surface area contributed by atoms with Gasteiger partial charge in [0.1, 0.15) is 17.7 Å². The monoisotopic (exact) mass is 335 g/mol. The van der Waals surface area contributed by atoms with Crippen LogP contribution in [0.4, 0.5) is 4.39 Å². The quantitative estimate of drug-likeness (QED) is 0.837. The molecule has 0 fully saturated rings. The van der Waals surface area contributed by atoms with Gasteiger partial charge >= 0.3 is 0 Å². The Morgan fingerprint density at radius 1 is 1.25 bits per heavy atom. The van der Waals surface area contributed by atoms with E-state index in [1.807, 2.05) is 25.1 Å². The molecule has 1 aliphatic heterocycles. The van der Waals surface area contributed by atoms with Crippen molar-refractivity contribution in [2.24, 2.45) is 5.73 Å². The molecule has 3 rings (SSSR count). The molecule has 0 aliphatic carbocycles. The highest BCUT2D eigenvalue weighted by Crippen LogP contribution is 2.40. The van der Waals surface area contributed by atoms with Crippen LogP contribution < -0.4 is 10.5 Å². The first-order valence-electron chi connectivity index (χ1n) is 6.52. The zero-order valence-electron chi connectivity index (χ0n) is 11.1. The highest BCUT2D eigenvalue weighted by Gasteiger charge is 2.27. The molecule has 1 aliphatic rings. The maximum atomic E-state index is 13.6. The first-order valence-corrected chi connectivity index (χ1v) is 7.31. The van der Waals surface area contributed by atoms with Crippen molar-refractivity contribution >= 4 is 15.9 Å². The Bertz CT molecular complexity index is 659. The van der Waals surface area contributed by atoms with Crippen molar-refractivity contribution in [3.63, 3.8) is 0 Å². The molecule has 0 radical (unpaired) electrons. The van der Waals surface area contributed by atoms with Crippen molar-refractivity contribution in [3.8, 4) is 5.75 Å². The molecular weight excluding hydrogens is 321 g/mol. The van der Waals surface area contributed by atoms with Crippen LogP contribution in [0.1, 0.15) is 35.3 Å². The molecular formula is C16H15BrFNO. The summed E-state index contributed by atoms with van der Waals surface area (Å²) in [6.45, 7) is 2.03. The molecule has 2 atom stereocenters. The van der Waals surface area contributed by atoms with Crippen LogP contribution in [0.2, 0.25) is 0 Å². The highest BCUT2D eigenvalue weighted by molar-refractivity contribution is 9.10. The summed E-state index contributed by atoms with van der Waals surface area (Å²) in [6.07, 6.45) is 0.445. The van der Waals surface area contributed by atoms with Crippen molar-refractivity contribution < 1.29 is 9.13 Å². The average molecular weight is 336 g/mol. The van der Waals surface area contributed by atoms with Gasteiger partial charge in [0.25, 0.3) is 0 Å². The Kier molecular flexibility index (Phi) is 3.52. The molecule has 2 aromatic carbocycles. The summed E-state index contributed by atoms with van der Waals surface area (Å²) in [7, 11) is 0. The summed E-state index contributed by atoms with van der Waals surface area (Å²) in [4.78, 5) is 0. The first-order chi connectivity index (χ1) is 9.54. The lowest BCUT2D eigenvalue weighted by molar-refractivity contribution is 0.161. The minimum Gasteiger partial charge on any atom is -0.485 e. The summed E-state index contributed by atoms with van der Waals surface area (Å²) in [5, 5.41) is 0. The van der Waals surface area contributed by atoms with Gasteiger partial charge in [0.2, 0.25) is 0 Å². The van der Waals surface area contributed by atoms with Crippen LogP contribution in [0.25, 0.3) is 0 Å². The summed E-state index contributed by atoms with van der Waals surface area (Å²) >= 11 is 3.16. The summed E-state index contributed by atoms with van der Waals surface area (Å²) < 4.78 is 20.1. The van der Waals surface area contributed by atoms with Crippen LogP contribution in [-0.4, -0.2) is 0 Å². The zero-order valence-corrected chi connectivity index (χ0v) is 12.7. The minimum atomic E-state index is -0.283. The Balaban J connectivity index is 1.94. The number of aryl methyl sites for hydroxylation is 1. The predicted octanol–water partition coefficient (Wildman–Crippen LogP) is 4.42. The standard InChI is InChI=1S/C16H15BrFNO/c1-9-2-5-15-11(6-9)14(19)8-16(20-15)10-3-4-12(17)13(18)7-10/h2-7,14,16H,8,19H2,1H3. The number of nitrogens with two attached hydrogens (primary N) is 1. The lowest BCUT2D eigenvalue weighted by Gasteiger charge is -2.31. The number of hydrogen-bond acceptors (Lipinski definition) is 2. The van der Waals surface area contributed by atoms with Gasteiger partial charge in [0.05, 0.1) is 4.47 Å². The molecule has 0 saturated heterocycles. The van der Waals surface area contributed by atoms with E-state index in [0.717, 1.165) is 22.4 Å². The van der Waals surface area contributed by atoms with E-state index in [9.17, 15) is 4.39 Å². The van der Waals surface area contributed by atoms with Crippen molar-refractivity contribution in [1.82, 2.24) is 0 Å². The van der Waals surface area contributed by atoms with Crippen LogP contribution in [0.15, 0.2) is 40.9 Å². The molecule has 2 nitrogen and oxygen atoms in total. The van der Waals surface area contributed by atoms with E-state index < -0.39 is 0 Å². The second kappa shape index (κ2) is 5.19. The van der Waals surface area contributed by atoms with Crippen LogP contribution in [0, 0.1) is 12.7 Å². The largest absolute Gasteiger partial charge is 0.485 e. The van der Waals surface area contributed by atoms with E-state index in [2.05, 4.69) is 22.0 Å². The number of fused-ring (bicyclic) bond motifs is 1. The van der Waals surface area contributed by atoms with Crippen molar-refractivity contribution in [2.45, 2.75) is 25.5 Å². The van der Waals surface area contributed by atoms with E-state index in [-0.39, 0.29) is 18.0 Å². The van der Waals surface area contributed by atoms with Crippen LogP contribution in [0.5, 0.6) is 5.75 Å². The van der Waals surface area contributed by atoms with Crippen LogP contribution >= 0.6 is 15.9 Å². The summed E-state index contributed by atoms with van der Waals surface area (Å²) in [6, 6.07) is 11.0. The normalized spacial score (nSPS) is 21.2. The first kappa shape index (κ1) is 13.6. The van der Waals surface area contributed by atoms with Crippen molar-refractivity contribution in [2.75, 3.05) is 0 Å². The van der Waals surface area contributed by atoms with Gasteiger partial charge in [-0.3, -0.25) is 0 Å². The molecule has 104 valence electrons. The Hall–Kier alpha value is -1.39. The third-order valence-corrected chi connectivity index (χ3v) is 4.26. The average Bonchev–Trinajstić information content (AvgIpc) is 2.42. The molecule has 2 unspecified atom stereocenters. The maximum Gasteiger partial charge on any atom is 0.137 e.